The van der Waals surface area contributed by atoms with Crippen molar-refractivity contribution in [2.24, 2.45) is 0 Å². The Morgan fingerprint density at radius 3 is 2.91 bits per heavy atom. The van der Waals surface area contributed by atoms with Gasteiger partial charge in [-0.1, -0.05) is 20.3 Å². The van der Waals surface area contributed by atoms with E-state index in [1.807, 2.05) is 0 Å². The fraction of sp³-hybridized carbons (Fsp3) is 0.667. The van der Waals surface area contributed by atoms with Gasteiger partial charge in [0, 0.05) is 6.42 Å². The van der Waals surface area contributed by atoms with Crippen molar-refractivity contribution in [3.8, 4) is 0 Å². The molecule has 0 radical (unpaired) electrons. The molecule has 0 saturated carbocycles. The van der Waals surface area contributed by atoms with Crippen molar-refractivity contribution < 1.29 is 4.42 Å². The van der Waals surface area contributed by atoms with Gasteiger partial charge in [0.2, 0.25) is 0 Å². The standard InChI is InChI=1S/C9H15NO/c1-3-5-6-9-8(4-2)10-7-11-9/h7H,3-6H2,1-2H3. The quantitative estimate of drug-likeness (QED) is 0.664. The van der Waals surface area contributed by atoms with Crippen LogP contribution in [0.3, 0.4) is 0 Å². The van der Waals surface area contributed by atoms with Crippen molar-refractivity contribution in [2.45, 2.75) is 39.5 Å². The smallest absolute Gasteiger partial charge is 0.181 e. The van der Waals surface area contributed by atoms with E-state index in [2.05, 4.69) is 18.8 Å². The highest BCUT2D eigenvalue weighted by Gasteiger charge is 2.03. The van der Waals surface area contributed by atoms with Crippen LogP contribution in [0.5, 0.6) is 0 Å². The Morgan fingerprint density at radius 2 is 2.27 bits per heavy atom. The Kier molecular flexibility index (Phi) is 3.14. The molecule has 0 aromatic carbocycles. The normalized spacial score (nSPS) is 10.4. The van der Waals surface area contributed by atoms with E-state index in [1.54, 1.807) is 6.39 Å². The Hall–Kier alpha value is -0.790. The van der Waals surface area contributed by atoms with E-state index in [-0.39, 0.29) is 0 Å². The zero-order valence-corrected chi connectivity index (χ0v) is 7.26. The summed E-state index contributed by atoms with van der Waals surface area (Å²) < 4.78 is 5.25. The second-order valence-corrected chi connectivity index (χ2v) is 2.68. The number of hydrogen-bond donors (Lipinski definition) is 0. The molecule has 0 saturated heterocycles. The first-order valence-corrected chi connectivity index (χ1v) is 4.29. The van der Waals surface area contributed by atoms with Gasteiger partial charge in [0.05, 0.1) is 5.69 Å². The first kappa shape index (κ1) is 8.31. The number of aryl methyl sites for hydroxylation is 2. The lowest BCUT2D eigenvalue weighted by Crippen LogP contribution is -1.88. The molecule has 1 aromatic heterocycles. The zero-order valence-electron chi connectivity index (χ0n) is 7.26. The van der Waals surface area contributed by atoms with Gasteiger partial charge in [-0.2, -0.15) is 0 Å². The van der Waals surface area contributed by atoms with Crippen molar-refractivity contribution in [2.75, 3.05) is 0 Å². The molecule has 0 spiro atoms. The van der Waals surface area contributed by atoms with Crippen molar-refractivity contribution in [3.05, 3.63) is 17.8 Å². The van der Waals surface area contributed by atoms with Gasteiger partial charge in [0.15, 0.2) is 6.39 Å². The van der Waals surface area contributed by atoms with Crippen molar-refractivity contribution in [1.29, 1.82) is 0 Å². The summed E-state index contributed by atoms with van der Waals surface area (Å²) in [6, 6.07) is 0. The summed E-state index contributed by atoms with van der Waals surface area (Å²) in [5.41, 5.74) is 1.12. The molecular weight excluding hydrogens is 138 g/mol. The van der Waals surface area contributed by atoms with E-state index >= 15 is 0 Å². The van der Waals surface area contributed by atoms with Crippen LogP contribution >= 0.6 is 0 Å². The Labute approximate surface area is 67.6 Å². The molecule has 2 nitrogen and oxygen atoms in total. The van der Waals surface area contributed by atoms with Crippen molar-refractivity contribution in [3.63, 3.8) is 0 Å². The molecule has 2 heteroatoms. The summed E-state index contributed by atoms with van der Waals surface area (Å²) in [4.78, 5) is 4.12. The lowest BCUT2D eigenvalue weighted by molar-refractivity contribution is 0.492. The highest BCUT2D eigenvalue weighted by molar-refractivity contribution is 5.06. The average molecular weight is 153 g/mol. The Morgan fingerprint density at radius 1 is 1.45 bits per heavy atom. The highest BCUT2D eigenvalue weighted by Crippen LogP contribution is 2.10. The van der Waals surface area contributed by atoms with Gasteiger partial charge in [-0.15, -0.1) is 0 Å². The van der Waals surface area contributed by atoms with Gasteiger partial charge in [-0.3, -0.25) is 0 Å². The summed E-state index contributed by atoms with van der Waals surface area (Å²) in [5, 5.41) is 0. The van der Waals surface area contributed by atoms with Crippen LogP contribution in [0.4, 0.5) is 0 Å². The van der Waals surface area contributed by atoms with Gasteiger partial charge in [-0.25, -0.2) is 4.98 Å². The first-order chi connectivity index (χ1) is 5.38. The van der Waals surface area contributed by atoms with E-state index in [0.717, 1.165) is 24.3 Å². The van der Waals surface area contributed by atoms with E-state index in [0.29, 0.717) is 0 Å². The minimum absolute atomic E-state index is 0.982. The average Bonchev–Trinajstić information content (AvgIpc) is 2.47. The third-order valence-corrected chi connectivity index (χ3v) is 1.82. The van der Waals surface area contributed by atoms with Crippen LogP contribution in [0.15, 0.2) is 10.8 Å². The number of rotatable bonds is 4. The second kappa shape index (κ2) is 4.16. The van der Waals surface area contributed by atoms with Crippen LogP contribution in [-0.4, -0.2) is 4.98 Å². The van der Waals surface area contributed by atoms with E-state index in [4.69, 9.17) is 4.42 Å². The molecule has 0 bridgehead atoms. The second-order valence-electron chi connectivity index (χ2n) is 2.68. The minimum Gasteiger partial charge on any atom is -0.448 e. The molecule has 0 aliphatic rings. The van der Waals surface area contributed by atoms with Gasteiger partial charge in [0.25, 0.3) is 0 Å². The summed E-state index contributed by atoms with van der Waals surface area (Å²) >= 11 is 0. The molecule has 1 heterocycles. The third-order valence-electron chi connectivity index (χ3n) is 1.82. The van der Waals surface area contributed by atoms with E-state index in [1.165, 1.54) is 12.8 Å². The maximum Gasteiger partial charge on any atom is 0.181 e. The highest BCUT2D eigenvalue weighted by atomic mass is 16.3. The summed E-state index contributed by atoms with van der Waals surface area (Å²) in [6.07, 6.45) is 5.98. The van der Waals surface area contributed by atoms with E-state index in [9.17, 15) is 0 Å². The molecular formula is C9H15NO. The Bertz CT molecular complexity index is 205. The van der Waals surface area contributed by atoms with Crippen LogP contribution in [0.1, 0.15) is 38.1 Å². The lowest BCUT2D eigenvalue weighted by Gasteiger charge is -1.95. The molecule has 11 heavy (non-hydrogen) atoms. The molecule has 0 atom stereocenters. The van der Waals surface area contributed by atoms with Crippen LogP contribution in [0.25, 0.3) is 0 Å². The maximum absolute atomic E-state index is 5.25. The lowest BCUT2D eigenvalue weighted by atomic mass is 10.1. The largest absolute Gasteiger partial charge is 0.448 e. The predicted octanol–water partition coefficient (Wildman–Crippen LogP) is 2.58. The molecule has 0 unspecified atom stereocenters. The van der Waals surface area contributed by atoms with Crippen LogP contribution < -0.4 is 0 Å². The van der Waals surface area contributed by atoms with Crippen molar-refractivity contribution in [1.82, 2.24) is 4.98 Å². The summed E-state index contributed by atoms with van der Waals surface area (Å²) in [6.45, 7) is 4.29. The minimum atomic E-state index is 0.982. The number of hydrogen-bond acceptors (Lipinski definition) is 2. The molecule has 0 aliphatic heterocycles. The summed E-state index contributed by atoms with van der Waals surface area (Å²) in [5.74, 6) is 1.08. The SMILES string of the molecule is CCCCc1ocnc1CC. The van der Waals surface area contributed by atoms with Crippen LogP contribution in [-0.2, 0) is 12.8 Å². The number of nitrogens with zero attached hydrogens (tertiary/aromatic N) is 1. The molecule has 1 rings (SSSR count). The van der Waals surface area contributed by atoms with Gasteiger partial charge in [-0.05, 0) is 12.8 Å². The zero-order chi connectivity index (χ0) is 8.10. The predicted molar refractivity (Wildman–Crippen MR) is 44.5 cm³/mol. The monoisotopic (exact) mass is 153 g/mol. The first-order valence-electron chi connectivity index (χ1n) is 4.29. The maximum atomic E-state index is 5.25. The molecule has 62 valence electrons. The van der Waals surface area contributed by atoms with Crippen molar-refractivity contribution >= 4 is 0 Å². The topological polar surface area (TPSA) is 26.0 Å². The third kappa shape index (κ3) is 2.07. The molecule has 0 amide bonds. The molecule has 1 aromatic rings. The van der Waals surface area contributed by atoms with Gasteiger partial charge < -0.3 is 4.42 Å². The number of unbranched alkanes of at least 4 members (excludes halogenated alkanes) is 1. The number of aromatic nitrogens is 1. The molecule has 0 N–H and O–H groups in total. The van der Waals surface area contributed by atoms with Gasteiger partial charge >= 0.3 is 0 Å². The summed E-state index contributed by atoms with van der Waals surface area (Å²) in [7, 11) is 0. The number of oxazole rings is 1. The molecule has 0 aliphatic carbocycles. The molecule has 0 fully saturated rings. The Balaban J connectivity index is 2.54. The fourth-order valence-electron chi connectivity index (χ4n) is 1.12. The van der Waals surface area contributed by atoms with Crippen LogP contribution in [0, 0.1) is 0 Å². The van der Waals surface area contributed by atoms with Gasteiger partial charge in [0.1, 0.15) is 5.76 Å². The fourth-order valence-corrected chi connectivity index (χ4v) is 1.12. The van der Waals surface area contributed by atoms with E-state index < -0.39 is 0 Å². The van der Waals surface area contributed by atoms with Crippen LogP contribution in [0.2, 0.25) is 0 Å².